The molecule has 0 saturated carbocycles. The summed E-state index contributed by atoms with van der Waals surface area (Å²) < 4.78 is 5.23. The molecule has 4 N–H and O–H groups in total. The van der Waals surface area contributed by atoms with Crippen LogP contribution >= 0.6 is 0 Å². The minimum atomic E-state index is 0. The maximum absolute atomic E-state index is 5.28. The van der Waals surface area contributed by atoms with Gasteiger partial charge in [0.25, 0.3) is 0 Å². The number of hydrogen-bond acceptors (Lipinski definition) is 3. The Kier molecular flexibility index (Phi) is 8.31. The lowest BCUT2D eigenvalue weighted by atomic mass is 10.2. The van der Waals surface area contributed by atoms with Crippen molar-refractivity contribution in [3.05, 3.63) is 47.7 Å². The molecule has 4 nitrogen and oxygen atoms in total. The Morgan fingerprint density at radius 2 is 2.06 bits per heavy atom. The molecule has 0 bridgehead atoms. The molecule has 0 atom stereocenters. The van der Waals surface area contributed by atoms with E-state index in [-0.39, 0.29) is 6.90 Å². The second-order valence-corrected chi connectivity index (χ2v) is 3.89. The Balaban J connectivity index is 0. The van der Waals surface area contributed by atoms with Crippen LogP contribution in [0.3, 0.4) is 0 Å². The first kappa shape index (κ1) is 16.2. The smallest absolute Gasteiger partial charge is 0.213 e. The molecule has 0 saturated heterocycles. The molecular formula is C14H24N2O2. The van der Waals surface area contributed by atoms with Crippen LogP contribution in [0, 0.1) is 6.92 Å². The summed E-state index contributed by atoms with van der Waals surface area (Å²) in [6.45, 7) is 5.61. The minimum Gasteiger partial charge on any atom is -0.478 e. The van der Waals surface area contributed by atoms with Crippen molar-refractivity contribution in [1.82, 2.24) is 0 Å². The van der Waals surface area contributed by atoms with Gasteiger partial charge in [-0.2, -0.15) is 0 Å². The van der Waals surface area contributed by atoms with Crippen LogP contribution in [0.4, 0.5) is 0 Å². The van der Waals surface area contributed by atoms with Gasteiger partial charge in [0.05, 0.1) is 6.61 Å². The predicted molar refractivity (Wildman–Crippen MR) is 77.7 cm³/mol. The summed E-state index contributed by atoms with van der Waals surface area (Å²) in [7, 11) is 0. The van der Waals surface area contributed by atoms with E-state index in [4.69, 9.17) is 10.5 Å². The van der Waals surface area contributed by atoms with Crippen molar-refractivity contribution in [1.29, 1.82) is 0 Å². The van der Waals surface area contributed by atoms with Gasteiger partial charge in [0, 0.05) is 26.2 Å². The van der Waals surface area contributed by atoms with Gasteiger partial charge in [0.15, 0.2) is 0 Å². The summed E-state index contributed by atoms with van der Waals surface area (Å²) in [4.78, 5) is 4.15. The molecule has 1 aromatic carbocycles. The Morgan fingerprint density at radius 1 is 1.39 bits per heavy atom. The standard InChI is InChI=1S/C7H12N2O.C7H8.H2O.H2/c1-6(5-8)7-9-3-2-4-10-7;1-7-5-3-2-4-6-7;;/h5H,2-4,8H2,1H3;2-6H,1H3;1H2;1H/b6-5-;;;. The maximum Gasteiger partial charge on any atom is 0.213 e. The number of aliphatic imine (C=N–C) groups is 1. The summed E-state index contributed by atoms with van der Waals surface area (Å²) in [6, 6.07) is 10.3. The Labute approximate surface area is 110 Å². The lowest BCUT2D eigenvalue weighted by molar-refractivity contribution is 0.283. The van der Waals surface area contributed by atoms with Gasteiger partial charge in [-0.05, 0) is 13.8 Å². The fourth-order valence-electron chi connectivity index (χ4n) is 1.30. The molecule has 18 heavy (non-hydrogen) atoms. The van der Waals surface area contributed by atoms with Gasteiger partial charge in [0.2, 0.25) is 5.90 Å². The van der Waals surface area contributed by atoms with E-state index in [9.17, 15) is 0 Å². The number of ether oxygens (including phenoxy) is 1. The molecule has 4 heteroatoms. The van der Waals surface area contributed by atoms with E-state index in [1.807, 2.05) is 25.1 Å². The highest BCUT2D eigenvalue weighted by atomic mass is 16.5. The molecule has 0 aliphatic carbocycles. The van der Waals surface area contributed by atoms with E-state index >= 15 is 0 Å². The van der Waals surface area contributed by atoms with E-state index in [1.54, 1.807) is 0 Å². The molecule has 0 spiro atoms. The van der Waals surface area contributed by atoms with Gasteiger partial charge >= 0.3 is 0 Å². The topological polar surface area (TPSA) is 79.1 Å². The van der Waals surface area contributed by atoms with Gasteiger partial charge in [-0.25, -0.2) is 0 Å². The first-order valence-corrected chi connectivity index (χ1v) is 5.82. The highest BCUT2D eigenvalue weighted by Gasteiger charge is 2.06. The number of aryl methyl sites for hydroxylation is 1. The first-order chi connectivity index (χ1) is 8.24. The molecular weight excluding hydrogens is 228 g/mol. The predicted octanol–water partition coefficient (Wildman–Crippen LogP) is 2.08. The highest BCUT2D eigenvalue weighted by molar-refractivity contribution is 5.93. The highest BCUT2D eigenvalue weighted by Crippen LogP contribution is 2.03. The molecule has 1 aliphatic rings. The van der Waals surface area contributed by atoms with Crippen LogP contribution in [-0.4, -0.2) is 24.5 Å². The molecule has 0 radical (unpaired) electrons. The quantitative estimate of drug-likeness (QED) is 0.830. The van der Waals surface area contributed by atoms with Crippen molar-refractivity contribution in [2.24, 2.45) is 10.7 Å². The van der Waals surface area contributed by atoms with E-state index in [0.717, 1.165) is 25.1 Å². The van der Waals surface area contributed by atoms with Crippen LogP contribution in [0.1, 0.15) is 20.3 Å². The number of rotatable bonds is 1. The van der Waals surface area contributed by atoms with Crippen LogP contribution < -0.4 is 5.73 Å². The van der Waals surface area contributed by atoms with Gasteiger partial charge < -0.3 is 15.9 Å². The summed E-state index contributed by atoms with van der Waals surface area (Å²) in [5.74, 6) is 0.703. The third-order valence-electron chi connectivity index (χ3n) is 2.32. The van der Waals surface area contributed by atoms with E-state index in [2.05, 4.69) is 24.0 Å². The summed E-state index contributed by atoms with van der Waals surface area (Å²) in [5, 5.41) is 0. The van der Waals surface area contributed by atoms with Crippen molar-refractivity contribution in [3.63, 3.8) is 0 Å². The average Bonchev–Trinajstić information content (AvgIpc) is 2.40. The van der Waals surface area contributed by atoms with Crippen molar-refractivity contribution >= 4 is 5.90 Å². The lowest BCUT2D eigenvalue weighted by Crippen LogP contribution is -2.15. The van der Waals surface area contributed by atoms with Crippen LogP contribution in [0.25, 0.3) is 0 Å². The van der Waals surface area contributed by atoms with Gasteiger partial charge in [0.1, 0.15) is 0 Å². The monoisotopic (exact) mass is 252 g/mol. The molecule has 1 heterocycles. The van der Waals surface area contributed by atoms with Crippen LogP contribution in [-0.2, 0) is 4.74 Å². The number of hydrogen-bond donors (Lipinski definition) is 1. The Morgan fingerprint density at radius 3 is 2.44 bits per heavy atom. The molecule has 1 aromatic rings. The number of nitrogens with zero attached hydrogens (tertiary/aromatic N) is 1. The normalized spacial score (nSPS) is 14.3. The first-order valence-electron chi connectivity index (χ1n) is 5.82. The van der Waals surface area contributed by atoms with E-state index < -0.39 is 0 Å². The zero-order chi connectivity index (χ0) is 12.5. The SMILES string of the molecule is C/C(=C/N)C1=NCCCO1.Cc1ccccc1.O.[HH]. The van der Waals surface area contributed by atoms with E-state index in [1.165, 1.54) is 11.8 Å². The van der Waals surface area contributed by atoms with Gasteiger partial charge in [-0.15, -0.1) is 0 Å². The molecule has 0 aromatic heterocycles. The summed E-state index contributed by atoms with van der Waals surface area (Å²) in [6.07, 6.45) is 2.53. The molecule has 0 fully saturated rings. The summed E-state index contributed by atoms with van der Waals surface area (Å²) in [5.41, 5.74) is 7.52. The van der Waals surface area contributed by atoms with Crippen molar-refractivity contribution < 1.29 is 11.6 Å². The molecule has 2 rings (SSSR count). The minimum absolute atomic E-state index is 0. The molecule has 0 unspecified atom stereocenters. The maximum atomic E-state index is 5.28. The van der Waals surface area contributed by atoms with Crippen LogP contribution in [0.15, 0.2) is 47.1 Å². The largest absolute Gasteiger partial charge is 0.478 e. The Bertz CT molecular complexity index is 392. The van der Waals surface area contributed by atoms with Crippen molar-refractivity contribution in [2.45, 2.75) is 20.3 Å². The third-order valence-corrected chi connectivity index (χ3v) is 2.32. The summed E-state index contributed by atoms with van der Waals surface area (Å²) >= 11 is 0. The second-order valence-electron chi connectivity index (χ2n) is 3.89. The zero-order valence-corrected chi connectivity index (χ0v) is 11.0. The lowest BCUT2D eigenvalue weighted by Gasteiger charge is -2.13. The zero-order valence-electron chi connectivity index (χ0n) is 11.0. The average molecular weight is 252 g/mol. The van der Waals surface area contributed by atoms with Gasteiger partial charge in [-0.3, -0.25) is 4.99 Å². The second kappa shape index (κ2) is 9.24. The Hall–Kier alpha value is -1.81. The molecule has 1 aliphatic heterocycles. The van der Waals surface area contributed by atoms with E-state index in [0.29, 0.717) is 5.90 Å². The van der Waals surface area contributed by atoms with Crippen LogP contribution in [0.5, 0.6) is 0 Å². The molecule has 102 valence electrons. The van der Waals surface area contributed by atoms with Gasteiger partial charge in [-0.1, -0.05) is 35.9 Å². The number of nitrogens with two attached hydrogens (primary N) is 1. The van der Waals surface area contributed by atoms with Crippen LogP contribution in [0.2, 0.25) is 0 Å². The third kappa shape index (κ3) is 6.06. The molecule has 0 amide bonds. The number of benzene rings is 1. The fraction of sp³-hybridized carbons (Fsp3) is 0.357. The van der Waals surface area contributed by atoms with Crippen molar-refractivity contribution in [3.8, 4) is 0 Å². The van der Waals surface area contributed by atoms with Crippen molar-refractivity contribution in [2.75, 3.05) is 13.2 Å². The fourth-order valence-corrected chi connectivity index (χ4v) is 1.30.